The number of aromatic nitrogens is 1. The highest BCUT2D eigenvalue weighted by Gasteiger charge is 2.03. The molecule has 0 aliphatic heterocycles. The lowest BCUT2D eigenvalue weighted by Crippen LogP contribution is -2.08. The van der Waals surface area contributed by atoms with Gasteiger partial charge in [-0.25, -0.2) is 9.37 Å². The average molecular weight is 220 g/mol. The van der Waals surface area contributed by atoms with Crippen LogP contribution < -0.4 is 21.2 Å². The van der Waals surface area contributed by atoms with Crippen LogP contribution in [-0.4, -0.2) is 0 Å². The Bertz CT molecular complexity index is 516. The van der Waals surface area contributed by atoms with Crippen LogP contribution in [0.3, 0.4) is 0 Å². The predicted molar refractivity (Wildman–Crippen MR) is 58.3 cm³/mol. The zero-order valence-electron chi connectivity index (χ0n) is 8.41. The van der Waals surface area contributed by atoms with Gasteiger partial charge in [-0.2, -0.15) is 0 Å². The molecule has 0 aliphatic rings. The minimum absolute atomic E-state index is 0.0910. The molecular formula is C11H11FN3O+. The van der Waals surface area contributed by atoms with Crippen LogP contribution in [0.2, 0.25) is 0 Å². The van der Waals surface area contributed by atoms with Crippen molar-refractivity contribution in [1.82, 2.24) is 0 Å². The Labute approximate surface area is 91.7 Å². The van der Waals surface area contributed by atoms with E-state index in [0.717, 1.165) is 0 Å². The second kappa shape index (κ2) is 4.06. The fourth-order valence-electron chi connectivity index (χ4n) is 1.23. The summed E-state index contributed by atoms with van der Waals surface area (Å²) < 4.78 is 18.5. The summed E-state index contributed by atoms with van der Waals surface area (Å²) in [5, 5.41) is 0. The van der Waals surface area contributed by atoms with Crippen LogP contribution in [0.25, 0.3) is 0 Å². The molecule has 5 heteroatoms. The Kier molecular flexibility index (Phi) is 2.59. The van der Waals surface area contributed by atoms with Gasteiger partial charge in [0.2, 0.25) is 0 Å². The zero-order valence-corrected chi connectivity index (χ0v) is 8.41. The van der Waals surface area contributed by atoms with Crippen LogP contribution in [0.1, 0.15) is 0 Å². The summed E-state index contributed by atoms with van der Waals surface area (Å²) in [6.07, 6.45) is 1.64. The average Bonchev–Trinajstić information content (AvgIpc) is 2.24. The first kappa shape index (κ1) is 10.2. The number of halogens is 1. The molecule has 0 unspecified atom stereocenters. The van der Waals surface area contributed by atoms with E-state index >= 15 is 0 Å². The van der Waals surface area contributed by atoms with Gasteiger partial charge in [-0.3, -0.25) is 5.73 Å². The van der Waals surface area contributed by atoms with Crippen molar-refractivity contribution in [3.8, 4) is 11.5 Å². The Balaban J connectivity index is 2.24. The summed E-state index contributed by atoms with van der Waals surface area (Å²) >= 11 is 0. The van der Waals surface area contributed by atoms with Gasteiger partial charge in [0, 0.05) is 12.1 Å². The Morgan fingerprint density at radius 2 is 1.81 bits per heavy atom. The maximum atomic E-state index is 13.1. The van der Waals surface area contributed by atoms with Crippen LogP contribution in [0.15, 0.2) is 36.5 Å². The number of nitrogens with two attached hydrogens (primary N) is 2. The van der Waals surface area contributed by atoms with Crippen molar-refractivity contribution in [3.05, 3.63) is 42.3 Å². The predicted octanol–water partition coefficient (Wildman–Crippen LogP) is 1.60. The van der Waals surface area contributed by atoms with Crippen molar-refractivity contribution >= 4 is 11.5 Å². The summed E-state index contributed by atoms with van der Waals surface area (Å²) in [4.78, 5) is 2.78. The van der Waals surface area contributed by atoms with Gasteiger partial charge in [-0.1, -0.05) is 0 Å². The number of rotatable bonds is 2. The molecule has 0 saturated heterocycles. The molecule has 0 spiro atoms. The number of benzene rings is 1. The van der Waals surface area contributed by atoms with E-state index < -0.39 is 5.82 Å². The number of hydrogen-bond donors (Lipinski definition) is 2. The van der Waals surface area contributed by atoms with Gasteiger partial charge in [-0.05, 0) is 12.1 Å². The summed E-state index contributed by atoms with van der Waals surface area (Å²) in [5.41, 5.74) is 11.0. The topological polar surface area (TPSA) is 75.4 Å². The molecule has 4 nitrogen and oxygen atoms in total. The van der Waals surface area contributed by atoms with Crippen LogP contribution in [0.5, 0.6) is 11.5 Å². The molecule has 0 aliphatic carbocycles. The fraction of sp³-hybridized carbons (Fsp3) is 0. The molecule has 5 N–H and O–H groups in total. The molecular weight excluding hydrogens is 209 g/mol. The van der Waals surface area contributed by atoms with Crippen molar-refractivity contribution in [1.29, 1.82) is 0 Å². The number of H-pyrrole nitrogens is 1. The van der Waals surface area contributed by atoms with E-state index in [0.29, 0.717) is 17.3 Å². The van der Waals surface area contributed by atoms with Gasteiger partial charge in [0.05, 0.1) is 18.0 Å². The molecule has 16 heavy (non-hydrogen) atoms. The molecule has 0 fully saturated rings. The summed E-state index contributed by atoms with van der Waals surface area (Å²) in [6.45, 7) is 0. The fourth-order valence-corrected chi connectivity index (χ4v) is 1.23. The second-order valence-corrected chi connectivity index (χ2v) is 3.27. The molecule has 1 heterocycles. The third kappa shape index (κ3) is 2.20. The molecule has 2 rings (SSSR count). The van der Waals surface area contributed by atoms with Crippen LogP contribution in [0, 0.1) is 5.82 Å². The lowest BCUT2D eigenvalue weighted by Gasteiger charge is -2.05. The largest absolute Gasteiger partial charge is 0.457 e. The Morgan fingerprint density at radius 3 is 2.50 bits per heavy atom. The van der Waals surface area contributed by atoms with Crippen molar-refractivity contribution in [3.63, 3.8) is 0 Å². The second-order valence-electron chi connectivity index (χ2n) is 3.27. The highest BCUT2D eigenvalue weighted by Crippen LogP contribution is 2.24. The minimum Gasteiger partial charge on any atom is -0.457 e. The number of aromatic amines is 1. The minimum atomic E-state index is -0.507. The van der Waals surface area contributed by atoms with E-state index in [1.807, 2.05) is 0 Å². The van der Waals surface area contributed by atoms with E-state index in [-0.39, 0.29) is 5.69 Å². The third-order valence-electron chi connectivity index (χ3n) is 2.00. The van der Waals surface area contributed by atoms with Crippen molar-refractivity contribution < 1.29 is 14.1 Å². The lowest BCUT2D eigenvalue weighted by molar-refractivity contribution is -0.360. The molecule has 0 saturated carbocycles. The van der Waals surface area contributed by atoms with Gasteiger partial charge in [0.1, 0.15) is 17.3 Å². The highest BCUT2D eigenvalue weighted by molar-refractivity contribution is 5.45. The highest BCUT2D eigenvalue weighted by atomic mass is 19.1. The zero-order chi connectivity index (χ0) is 11.5. The third-order valence-corrected chi connectivity index (χ3v) is 2.00. The molecule has 2 aromatic rings. The van der Waals surface area contributed by atoms with E-state index in [4.69, 9.17) is 16.2 Å². The number of hydrogen-bond acceptors (Lipinski definition) is 3. The van der Waals surface area contributed by atoms with E-state index in [2.05, 4.69) is 4.98 Å². The summed E-state index contributed by atoms with van der Waals surface area (Å²) in [6, 6.07) is 7.55. The summed E-state index contributed by atoms with van der Waals surface area (Å²) in [5.74, 6) is 0.860. The number of nitrogen functional groups attached to an aromatic ring is 2. The first-order valence-corrected chi connectivity index (χ1v) is 4.65. The Morgan fingerprint density at radius 1 is 1.06 bits per heavy atom. The lowest BCUT2D eigenvalue weighted by atomic mass is 10.3. The Hall–Kier alpha value is -2.30. The smallest absolute Gasteiger partial charge is 0.273 e. The molecule has 1 aromatic heterocycles. The molecule has 0 amide bonds. The van der Waals surface area contributed by atoms with Crippen molar-refractivity contribution in [2.24, 2.45) is 0 Å². The van der Waals surface area contributed by atoms with E-state index in [9.17, 15) is 4.39 Å². The van der Waals surface area contributed by atoms with Gasteiger partial charge in [0.15, 0.2) is 0 Å². The van der Waals surface area contributed by atoms with Crippen LogP contribution in [0.4, 0.5) is 15.9 Å². The quantitative estimate of drug-likeness (QED) is 0.755. The molecule has 0 radical (unpaired) electrons. The molecule has 1 aromatic carbocycles. The molecule has 0 bridgehead atoms. The molecule has 0 atom stereocenters. The number of pyridine rings is 1. The maximum absolute atomic E-state index is 13.1. The van der Waals surface area contributed by atoms with Gasteiger partial charge >= 0.3 is 0 Å². The monoisotopic (exact) mass is 220 g/mol. The normalized spacial score (nSPS) is 10.1. The van der Waals surface area contributed by atoms with Crippen molar-refractivity contribution in [2.45, 2.75) is 0 Å². The maximum Gasteiger partial charge on any atom is 0.273 e. The van der Waals surface area contributed by atoms with Gasteiger partial charge < -0.3 is 10.5 Å². The summed E-state index contributed by atoms with van der Waals surface area (Å²) in [7, 11) is 0. The van der Waals surface area contributed by atoms with E-state index in [1.54, 1.807) is 24.4 Å². The number of nitrogens with one attached hydrogen (secondary N) is 1. The van der Waals surface area contributed by atoms with E-state index in [1.165, 1.54) is 12.1 Å². The van der Waals surface area contributed by atoms with Crippen LogP contribution >= 0.6 is 0 Å². The number of anilines is 2. The standard InChI is InChI=1S/C11H10FN3O/c12-9-5-7(1-2-10(9)13)16-8-3-4-15-11(14)6-8/h1-6H,13H2,(H2,14,15)/p+1. The van der Waals surface area contributed by atoms with Gasteiger partial charge in [0.25, 0.3) is 5.82 Å². The SMILES string of the molecule is Nc1cc(Oc2ccc(N)c(F)c2)cc[nH+]1. The number of ether oxygens (including phenoxy) is 1. The van der Waals surface area contributed by atoms with Gasteiger partial charge in [-0.15, -0.1) is 0 Å². The van der Waals surface area contributed by atoms with Crippen LogP contribution in [-0.2, 0) is 0 Å². The first-order valence-electron chi connectivity index (χ1n) is 4.65. The van der Waals surface area contributed by atoms with Crippen molar-refractivity contribution in [2.75, 3.05) is 11.5 Å². The molecule has 82 valence electrons. The first-order chi connectivity index (χ1) is 7.65.